The van der Waals surface area contributed by atoms with Gasteiger partial charge in [0.25, 0.3) is 0 Å². The van der Waals surface area contributed by atoms with Crippen LogP contribution < -0.4 is 10.6 Å². The second-order valence-electron chi connectivity index (χ2n) is 6.00. The van der Waals surface area contributed by atoms with Crippen molar-refractivity contribution in [2.24, 2.45) is 0 Å². The van der Waals surface area contributed by atoms with Crippen LogP contribution in [0.5, 0.6) is 0 Å². The summed E-state index contributed by atoms with van der Waals surface area (Å²) in [4.78, 5) is 14.1. The van der Waals surface area contributed by atoms with Gasteiger partial charge in [0.2, 0.25) is 0 Å². The van der Waals surface area contributed by atoms with Crippen molar-refractivity contribution >= 4 is 6.03 Å². The van der Waals surface area contributed by atoms with Crippen LogP contribution in [0, 0.1) is 0 Å². The lowest BCUT2D eigenvalue weighted by Crippen LogP contribution is -2.49. The van der Waals surface area contributed by atoms with Crippen LogP contribution in [0.4, 0.5) is 4.79 Å². The molecule has 0 bridgehead atoms. The molecule has 0 aromatic rings. The van der Waals surface area contributed by atoms with Crippen LogP contribution in [0.1, 0.15) is 58.3 Å². The molecule has 0 spiro atoms. The highest BCUT2D eigenvalue weighted by atomic mass is 16.2. The van der Waals surface area contributed by atoms with E-state index >= 15 is 0 Å². The highest BCUT2D eigenvalue weighted by Crippen LogP contribution is 2.19. The number of rotatable bonds is 4. The molecule has 0 aromatic heterocycles. The van der Waals surface area contributed by atoms with Crippen LogP contribution in [-0.2, 0) is 0 Å². The van der Waals surface area contributed by atoms with Gasteiger partial charge >= 0.3 is 6.03 Å². The zero-order chi connectivity index (χ0) is 13.5. The SMILES string of the molecule is CCCNC1CCC(NC(=O)N2CCCCC2)CC1. The van der Waals surface area contributed by atoms with Gasteiger partial charge in [-0.3, -0.25) is 0 Å². The zero-order valence-electron chi connectivity index (χ0n) is 12.3. The van der Waals surface area contributed by atoms with Gasteiger partial charge in [0, 0.05) is 25.2 Å². The number of hydrogen-bond donors (Lipinski definition) is 2. The Labute approximate surface area is 117 Å². The fourth-order valence-electron chi connectivity index (χ4n) is 3.15. The monoisotopic (exact) mass is 267 g/mol. The third-order valence-electron chi connectivity index (χ3n) is 4.38. The molecule has 1 saturated carbocycles. The lowest BCUT2D eigenvalue weighted by molar-refractivity contribution is 0.177. The predicted molar refractivity (Wildman–Crippen MR) is 78.3 cm³/mol. The van der Waals surface area contributed by atoms with E-state index < -0.39 is 0 Å². The third kappa shape index (κ3) is 4.68. The molecule has 0 aromatic carbocycles. The molecule has 4 heteroatoms. The molecule has 4 nitrogen and oxygen atoms in total. The molecule has 1 aliphatic heterocycles. The van der Waals surface area contributed by atoms with Crippen LogP contribution in [0.25, 0.3) is 0 Å². The third-order valence-corrected chi connectivity index (χ3v) is 4.38. The quantitative estimate of drug-likeness (QED) is 0.822. The van der Waals surface area contributed by atoms with Gasteiger partial charge in [-0.1, -0.05) is 6.92 Å². The van der Waals surface area contributed by atoms with E-state index in [4.69, 9.17) is 0 Å². The Kier molecular flexibility index (Phi) is 5.95. The summed E-state index contributed by atoms with van der Waals surface area (Å²) in [7, 11) is 0. The highest BCUT2D eigenvalue weighted by Gasteiger charge is 2.24. The molecule has 19 heavy (non-hydrogen) atoms. The molecule has 2 fully saturated rings. The lowest BCUT2D eigenvalue weighted by atomic mass is 9.91. The number of likely N-dealkylation sites (tertiary alicyclic amines) is 1. The van der Waals surface area contributed by atoms with Gasteiger partial charge in [-0.05, 0) is 57.9 Å². The second-order valence-corrected chi connectivity index (χ2v) is 6.00. The van der Waals surface area contributed by atoms with Gasteiger partial charge in [-0.15, -0.1) is 0 Å². The number of hydrogen-bond acceptors (Lipinski definition) is 2. The Balaban J connectivity index is 1.65. The maximum atomic E-state index is 12.1. The molecule has 2 rings (SSSR count). The number of urea groups is 1. The van der Waals surface area contributed by atoms with E-state index in [2.05, 4.69) is 17.6 Å². The number of nitrogens with zero attached hydrogens (tertiary/aromatic N) is 1. The van der Waals surface area contributed by atoms with Crippen molar-refractivity contribution in [1.29, 1.82) is 0 Å². The fourth-order valence-corrected chi connectivity index (χ4v) is 3.15. The summed E-state index contributed by atoms with van der Waals surface area (Å²) >= 11 is 0. The first kappa shape index (κ1) is 14.6. The number of nitrogens with one attached hydrogen (secondary N) is 2. The number of carbonyl (C=O) groups excluding carboxylic acids is 1. The van der Waals surface area contributed by atoms with E-state index in [1.54, 1.807) is 0 Å². The smallest absolute Gasteiger partial charge is 0.317 e. The largest absolute Gasteiger partial charge is 0.335 e. The summed E-state index contributed by atoms with van der Waals surface area (Å²) in [5, 5.41) is 6.81. The van der Waals surface area contributed by atoms with E-state index in [0.29, 0.717) is 12.1 Å². The summed E-state index contributed by atoms with van der Waals surface area (Å²) in [6.45, 7) is 5.21. The van der Waals surface area contributed by atoms with Crippen LogP contribution in [0.2, 0.25) is 0 Å². The molecule has 2 aliphatic rings. The lowest BCUT2D eigenvalue weighted by Gasteiger charge is -2.33. The molecule has 0 radical (unpaired) electrons. The predicted octanol–water partition coefficient (Wildman–Crippen LogP) is 2.49. The van der Waals surface area contributed by atoms with E-state index in [0.717, 1.165) is 32.5 Å². The van der Waals surface area contributed by atoms with Gasteiger partial charge in [0.05, 0.1) is 0 Å². The first-order chi connectivity index (χ1) is 9.29. The van der Waals surface area contributed by atoms with E-state index in [-0.39, 0.29) is 6.03 Å². The van der Waals surface area contributed by atoms with Crippen molar-refractivity contribution in [3.8, 4) is 0 Å². The summed E-state index contributed by atoms with van der Waals surface area (Å²) in [6, 6.07) is 1.24. The Morgan fingerprint density at radius 2 is 1.68 bits per heavy atom. The Bertz CT molecular complexity index is 269. The van der Waals surface area contributed by atoms with Crippen molar-refractivity contribution in [3.05, 3.63) is 0 Å². The summed E-state index contributed by atoms with van der Waals surface area (Å²) < 4.78 is 0. The first-order valence-electron chi connectivity index (χ1n) is 8.08. The maximum Gasteiger partial charge on any atom is 0.317 e. The first-order valence-corrected chi connectivity index (χ1v) is 8.08. The average molecular weight is 267 g/mol. The van der Waals surface area contributed by atoms with Crippen molar-refractivity contribution in [2.45, 2.75) is 70.4 Å². The van der Waals surface area contributed by atoms with Crippen LogP contribution in [0.15, 0.2) is 0 Å². The molecular weight excluding hydrogens is 238 g/mol. The normalized spacial score (nSPS) is 28.2. The molecule has 2 N–H and O–H groups in total. The topological polar surface area (TPSA) is 44.4 Å². The molecule has 1 saturated heterocycles. The Morgan fingerprint density at radius 1 is 1.05 bits per heavy atom. The number of amides is 2. The standard InChI is InChI=1S/C15H29N3O/c1-2-10-16-13-6-8-14(9-7-13)17-15(19)18-11-4-3-5-12-18/h13-14,16H,2-12H2,1H3,(H,17,19). The van der Waals surface area contributed by atoms with Crippen molar-refractivity contribution in [1.82, 2.24) is 15.5 Å². The van der Waals surface area contributed by atoms with Crippen LogP contribution in [0.3, 0.4) is 0 Å². The van der Waals surface area contributed by atoms with Gasteiger partial charge in [-0.25, -0.2) is 4.79 Å². The number of piperidine rings is 1. The van der Waals surface area contributed by atoms with Gasteiger partial charge in [0.15, 0.2) is 0 Å². The Hall–Kier alpha value is -0.770. The summed E-state index contributed by atoms with van der Waals surface area (Å²) in [6.07, 6.45) is 9.46. The minimum Gasteiger partial charge on any atom is -0.335 e. The fraction of sp³-hybridized carbons (Fsp3) is 0.933. The van der Waals surface area contributed by atoms with Crippen molar-refractivity contribution in [2.75, 3.05) is 19.6 Å². The van der Waals surface area contributed by atoms with E-state index in [1.807, 2.05) is 4.90 Å². The molecule has 110 valence electrons. The molecule has 2 amide bonds. The highest BCUT2D eigenvalue weighted by molar-refractivity contribution is 5.74. The minimum atomic E-state index is 0.171. The van der Waals surface area contributed by atoms with Crippen molar-refractivity contribution < 1.29 is 4.79 Å². The van der Waals surface area contributed by atoms with E-state index in [9.17, 15) is 4.79 Å². The number of carbonyl (C=O) groups is 1. The van der Waals surface area contributed by atoms with Crippen LogP contribution >= 0.6 is 0 Å². The van der Waals surface area contributed by atoms with Gasteiger partial charge < -0.3 is 15.5 Å². The molecule has 1 heterocycles. The summed E-state index contributed by atoms with van der Waals surface area (Å²) in [5.41, 5.74) is 0. The Morgan fingerprint density at radius 3 is 2.32 bits per heavy atom. The molecular formula is C15H29N3O. The average Bonchev–Trinajstić information content (AvgIpc) is 2.47. The van der Waals surface area contributed by atoms with E-state index in [1.165, 1.54) is 38.5 Å². The second kappa shape index (κ2) is 7.73. The molecule has 1 aliphatic carbocycles. The summed E-state index contributed by atoms with van der Waals surface area (Å²) in [5.74, 6) is 0. The maximum absolute atomic E-state index is 12.1. The van der Waals surface area contributed by atoms with Crippen LogP contribution in [-0.4, -0.2) is 42.6 Å². The minimum absolute atomic E-state index is 0.171. The zero-order valence-corrected chi connectivity index (χ0v) is 12.3. The van der Waals surface area contributed by atoms with Crippen molar-refractivity contribution in [3.63, 3.8) is 0 Å². The van der Waals surface area contributed by atoms with Gasteiger partial charge in [0.1, 0.15) is 0 Å². The van der Waals surface area contributed by atoms with Gasteiger partial charge in [-0.2, -0.15) is 0 Å². The molecule has 0 unspecified atom stereocenters. The molecule has 0 atom stereocenters.